The van der Waals surface area contributed by atoms with Gasteiger partial charge < -0.3 is 79.9 Å². The third-order valence-corrected chi connectivity index (χ3v) is 6.07. The maximum atomic E-state index is 10.5. The second-order valence-electron chi connectivity index (χ2n) is 8.37. The molecule has 3 saturated heterocycles. The van der Waals surface area contributed by atoms with Crippen LogP contribution < -0.4 is 0 Å². The van der Waals surface area contributed by atoms with Crippen LogP contribution >= 0.6 is 0 Å². The lowest BCUT2D eigenvalue weighted by Gasteiger charge is -2.46. The van der Waals surface area contributed by atoms with Crippen molar-refractivity contribution >= 4 is 0 Å². The fourth-order valence-electron chi connectivity index (χ4n) is 3.95. The minimum atomic E-state index is -1.82. The number of ether oxygens (including phenoxy) is 5. The van der Waals surface area contributed by atoms with Crippen molar-refractivity contribution in [3.05, 3.63) is 0 Å². The van der Waals surface area contributed by atoms with Gasteiger partial charge in [-0.15, -0.1) is 0 Å². The lowest BCUT2D eigenvalue weighted by Crippen LogP contribution is -2.65. The Morgan fingerprint density at radius 2 is 1.03 bits per heavy atom. The highest BCUT2D eigenvalue weighted by Crippen LogP contribution is 2.30. The summed E-state index contributed by atoms with van der Waals surface area (Å²) in [4.78, 5) is 0. The van der Waals surface area contributed by atoms with Gasteiger partial charge in [-0.25, -0.2) is 0 Å². The molecule has 3 fully saturated rings. The highest BCUT2D eigenvalue weighted by atomic mass is 16.7. The Bertz CT molecular complexity index is 637. The molecule has 0 amide bonds. The monoisotopic (exact) mass is 504 g/mol. The zero-order chi connectivity index (χ0) is 25.3. The standard InChI is InChI=1S/C18H32O16/c19-1-4-7(21)10(24)13(27)18(32-4)34-15-5(2-20)33-17(14(28)11(15)25)30-3-6-8(22)9(23)12(26)16(29)31-6/h4-29H,1-3H2/t4-,5-,6-,7-,8+,9+,10+,11-,12-,13+,14+,15-,16?,17+,18+/m1/s1. The van der Waals surface area contributed by atoms with Crippen LogP contribution in [0.3, 0.4) is 0 Å². The predicted molar refractivity (Wildman–Crippen MR) is 101 cm³/mol. The van der Waals surface area contributed by atoms with Crippen LogP contribution in [0.1, 0.15) is 0 Å². The number of aliphatic hydroxyl groups excluding tert-OH is 11. The van der Waals surface area contributed by atoms with Gasteiger partial charge in [0.1, 0.15) is 73.2 Å². The van der Waals surface area contributed by atoms with E-state index in [1.807, 2.05) is 0 Å². The average molecular weight is 504 g/mol. The Kier molecular flexibility index (Phi) is 9.54. The van der Waals surface area contributed by atoms with Gasteiger partial charge in [-0.2, -0.15) is 0 Å². The van der Waals surface area contributed by atoms with Crippen LogP contribution in [0.4, 0.5) is 0 Å². The summed E-state index contributed by atoms with van der Waals surface area (Å²) < 4.78 is 26.2. The Labute approximate surface area is 192 Å². The van der Waals surface area contributed by atoms with E-state index in [-0.39, 0.29) is 0 Å². The van der Waals surface area contributed by atoms with E-state index in [0.717, 1.165) is 0 Å². The fraction of sp³-hybridized carbons (Fsp3) is 1.00. The van der Waals surface area contributed by atoms with E-state index in [1.54, 1.807) is 0 Å². The first kappa shape index (κ1) is 27.9. The van der Waals surface area contributed by atoms with E-state index in [9.17, 15) is 56.2 Å². The number of hydrogen-bond donors (Lipinski definition) is 11. The van der Waals surface area contributed by atoms with E-state index >= 15 is 0 Å². The molecule has 0 aromatic rings. The van der Waals surface area contributed by atoms with E-state index in [2.05, 4.69) is 0 Å². The molecule has 15 atom stereocenters. The summed E-state index contributed by atoms with van der Waals surface area (Å²) in [7, 11) is 0. The van der Waals surface area contributed by atoms with Gasteiger partial charge in [0.25, 0.3) is 0 Å². The molecule has 34 heavy (non-hydrogen) atoms. The third-order valence-electron chi connectivity index (χ3n) is 6.07. The van der Waals surface area contributed by atoms with Gasteiger partial charge in [0, 0.05) is 0 Å². The van der Waals surface area contributed by atoms with Crippen molar-refractivity contribution in [1.82, 2.24) is 0 Å². The third kappa shape index (κ3) is 5.52. The highest BCUT2D eigenvalue weighted by Gasteiger charge is 2.51. The SMILES string of the molecule is OC[C@H]1O[C@@H](O[C@H]2[C@H](O)[C@H](O)[C@@H](OC[C@H]3OC(O)[C@H](O)[C@@H](O)[C@H]3O)O[C@@H]2CO)[C@@H](O)[C@@H](O)[C@@H]1O. The molecule has 3 heterocycles. The van der Waals surface area contributed by atoms with Gasteiger partial charge in [0.2, 0.25) is 0 Å². The molecule has 200 valence electrons. The van der Waals surface area contributed by atoms with Crippen molar-refractivity contribution < 1.29 is 79.9 Å². The van der Waals surface area contributed by atoms with E-state index < -0.39 is 112 Å². The van der Waals surface area contributed by atoms with Crippen molar-refractivity contribution in [2.24, 2.45) is 0 Å². The molecular formula is C18H32O16. The Morgan fingerprint density at radius 1 is 0.500 bits per heavy atom. The van der Waals surface area contributed by atoms with Crippen LogP contribution in [-0.4, -0.2) is 168 Å². The quantitative estimate of drug-likeness (QED) is 0.154. The van der Waals surface area contributed by atoms with Crippen LogP contribution in [0.15, 0.2) is 0 Å². The van der Waals surface area contributed by atoms with Crippen molar-refractivity contribution in [3.63, 3.8) is 0 Å². The molecule has 16 nitrogen and oxygen atoms in total. The molecule has 0 radical (unpaired) electrons. The van der Waals surface area contributed by atoms with Crippen molar-refractivity contribution in [2.75, 3.05) is 19.8 Å². The average Bonchev–Trinajstić information content (AvgIpc) is 2.83. The fourth-order valence-corrected chi connectivity index (χ4v) is 3.95. The van der Waals surface area contributed by atoms with Gasteiger partial charge >= 0.3 is 0 Å². The van der Waals surface area contributed by atoms with Gasteiger partial charge in [-0.3, -0.25) is 0 Å². The van der Waals surface area contributed by atoms with Gasteiger partial charge in [0.15, 0.2) is 18.9 Å². The minimum absolute atomic E-state index is 0.577. The lowest BCUT2D eigenvalue weighted by molar-refractivity contribution is -0.363. The molecule has 1 unspecified atom stereocenters. The van der Waals surface area contributed by atoms with Crippen LogP contribution in [-0.2, 0) is 23.7 Å². The largest absolute Gasteiger partial charge is 0.394 e. The van der Waals surface area contributed by atoms with E-state index in [4.69, 9.17) is 23.7 Å². The molecule has 3 aliphatic heterocycles. The number of rotatable bonds is 7. The molecule has 0 aromatic carbocycles. The molecule has 0 bridgehead atoms. The minimum Gasteiger partial charge on any atom is -0.394 e. The summed E-state index contributed by atoms with van der Waals surface area (Å²) in [6.45, 7) is -2.09. The first-order valence-corrected chi connectivity index (χ1v) is 10.6. The summed E-state index contributed by atoms with van der Waals surface area (Å²) in [6, 6.07) is 0. The molecule has 0 aliphatic carbocycles. The van der Waals surface area contributed by atoms with Crippen molar-refractivity contribution in [1.29, 1.82) is 0 Å². The Hall–Kier alpha value is -0.640. The van der Waals surface area contributed by atoms with Crippen molar-refractivity contribution in [2.45, 2.75) is 92.1 Å². The normalized spacial score (nSPS) is 52.5. The molecule has 16 heteroatoms. The zero-order valence-corrected chi connectivity index (χ0v) is 17.7. The molecule has 0 saturated carbocycles. The first-order chi connectivity index (χ1) is 16.0. The molecule has 0 aromatic heterocycles. The predicted octanol–water partition coefficient (Wildman–Crippen LogP) is -7.57. The summed E-state index contributed by atoms with van der Waals surface area (Å²) in [5.74, 6) is 0. The highest BCUT2D eigenvalue weighted by molar-refractivity contribution is 4.94. The molecule has 3 rings (SSSR count). The summed E-state index contributed by atoms with van der Waals surface area (Å²) in [6.07, 6.45) is -24.7. The first-order valence-electron chi connectivity index (χ1n) is 10.6. The summed E-state index contributed by atoms with van der Waals surface area (Å²) >= 11 is 0. The Morgan fingerprint density at radius 3 is 1.65 bits per heavy atom. The van der Waals surface area contributed by atoms with E-state index in [0.29, 0.717) is 0 Å². The molecule has 11 N–H and O–H groups in total. The smallest absolute Gasteiger partial charge is 0.187 e. The number of hydrogen-bond acceptors (Lipinski definition) is 16. The van der Waals surface area contributed by atoms with Crippen LogP contribution in [0.25, 0.3) is 0 Å². The summed E-state index contributed by atoms with van der Waals surface area (Å²) in [5, 5.41) is 109. The second kappa shape index (κ2) is 11.6. The maximum absolute atomic E-state index is 10.5. The van der Waals surface area contributed by atoms with Crippen LogP contribution in [0.5, 0.6) is 0 Å². The van der Waals surface area contributed by atoms with Gasteiger partial charge in [-0.05, 0) is 0 Å². The second-order valence-corrected chi connectivity index (χ2v) is 8.37. The van der Waals surface area contributed by atoms with Gasteiger partial charge in [0.05, 0.1) is 19.8 Å². The Balaban J connectivity index is 1.63. The number of aliphatic hydroxyl groups is 11. The maximum Gasteiger partial charge on any atom is 0.187 e. The van der Waals surface area contributed by atoms with E-state index in [1.165, 1.54) is 0 Å². The zero-order valence-electron chi connectivity index (χ0n) is 17.7. The van der Waals surface area contributed by atoms with Crippen LogP contribution in [0.2, 0.25) is 0 Å². The van der Waals surface area contributed by atoms with Gasteiger partial charge in [-0.1, -0.05) is 0 Å². The molecule has 0 spiro atoms. The topological polar surface area (TPSA) is 269 Å². The van der Waals surface area contributed by atoms with Crippen molar-refractivity contribution in [3.8, 4) is 0 Å². The van der Waals surface area contributed by atoms with Crippen LogP contribution in [0, 0.1) is 0 Å². The molecular weight excluding hydrogens is 472 g/mol. The summed E-state index contributed by atoms with van der Waals surface area (Å²) in [5.41, 5.74) is 0. The lowest BCUT2D eigenvalue weighted by atomic mass is 9.97. The molecule has 3 aliphatic rings.